The minimum Gasteiger partial charge on any atom is -0.214 e. The molecule has 0 saturated heterocycles. The van der Waals surface area contributed by atoms with Crippen LogP contribution in [0.4, 0.5) is 0 Å². The highest BCUT2D eigenvalue weighted by molar-refractivity contribution is 7.89. The lowest BCUT2D eigenvalue weighted by atomic mass is 9.94. The average molecular weight is 241 g/mol. The molecule has 0 aliphatic carbocycles. The molecule has 1 aromatic rings. The number of hydrogen-bond acceptors (Lipinski definition) is 2. The highest BCUT2D eigenvalue weighted by Crippen LogP contribution is 2.24. The van der Waals surface area contributed by atoms with E-state index in [2.05, 4.69) is 18.6 Å². The molecular weight excluding hydrogens is 222 g/mol. The SMILES string of the molecule is CCC(CC)c1cccc(S(=O)(=O)NC)c1. The molecule has 90 valence electrons. The van der Waals surface area contributed by atoms with Gasteiger partial charge in [0.1, 0.15) is 0 Å². The van der Waals surface area contributed by atoms with Crippen molar-refractivity contribution >= 4 is 10.0 Å². The third-order valence-electron chi connectivity index (χ3n) is 2.89. The second kappa shape index (κ2) is 5.46. The summed E-state index contributed by atoms with van der Waals surface area (Å²) < 4.78 is 25.6. The summed E-state index contributed by atoms with van der Waals surface area (Å²) in [6.45, 7) is 4.24. The fourth-order valence-corrected chi connectivity index (χ4v) is 2.60. The van der Waals surface area contributed by atoms with Crippen LogP contribution in [0.15, 0.2) is 29.2 Å². The second-order valence-corrected chi connectivity index (χ2v) is 5.68. The number of rotatable bonds is 5. The molecule has 1 rings (SSSR count). The van der Waals surface area contributed by atoms with Gasteiger partial charge in [0.2, 0.25) is 10.0 Å². The number of benzene rings is 1. The van der Waals surface area contributed by atoms with E-state index in [9.17, 15) is 8.42 Å². The van der Waals surface area contributed by atoms with Gasteiger partial charge in [-0.05, 0) is 43.5 Å². The summed E-state index contributed by atoms with van der Waals surface area (Å²) >= 11 is 0. The van der Waals surface area contributed by atoms with Crippen LogP contribution in [0.3, 0.4) is 0 Å². The van der Waals surface area contributed by atoms with Crippen molar-refractivity contribution in [3.8, 4) is 0 Å². The van der Waals surface area contributed by atoms with Crippen LogP contribution in [0.25, 0.3) is 0 Å². The maximum absolute atomic E-state index is 11.6. The Labute approximate surface area is 97.9 Å². The van der Waals surface area contributed by atoms with Gasteiger partial charge in [0, 0.05) is 0 Å². The molecule has 16 heavy (non-hydrogen) atoms. The first-order valence-corrected chi connectivity index (χ1v) is 7.07. The van der Waals surface area contributed by atoms with Gasteiger partial charge in [-0.15, -0.1) is 0 Å². The summed E-state index contributed by atoms with van der Waals surface area (Å²) in [6.07, 6.45) is 2.05. The summed E-state index contributed by atoms with van der Waals surface area (Å²) in [6, 6.07) is 7.19. The van der Waals surface area contributed by atoms with E-state index >= 15 is 0 Å². The zero-order valence-electron chi connectivity index (χ0n) is 10.0. The Kier molecular flexibility index (Phi) is 4.50. The zero-order valence-corrected chi connectivity index (χ0v) is 10.8. The van der Waals surface area contributed by atoms with Crippen LogP contribution < -0.4 is 4.72 Å². The van der Waals surface area contributed by atoms with Gasteiger partial charge in [0.25, 0.3) is 0 Å². The van der Waals surface area contributed by atoms with Crippen molar-refractivity contribution < 1.29 is 8.42 Å². The summed E-state index contributed by atoms with van der Waals surface area (Å²) in [4.78, 5) is 0.347. The van der Waals surface area contributed by atoms with Crippen molar-refractivity contribution in [3.05, 3.63) is 29.8 Å². The van der Waals surface area contributed by atoms with Crippen LogP contribution in [0.1, 0.15) is 38.2 Å². The average Bonchev–Trinajstić information content (AvgIpc) is 2.31. The van der Waals surface area contributed by atoms with E-state index in [1.807, 2.05) is 6.07 Å². The molecule has 0 aliphatic rings. The van der Waals surface area contributed by atoms with Gasteiger partial charge in [0.15, 0.2) is 0 Å². The smallest absolute Gasteiger partial charge is 0.214 e. The standard InChI is InChI=1S/C12H19NO2S/c1-4-10(5-2)11-7-6-8-12(9-11)16(14,15)13-3/h6-10,13H,4-5H2,1-3H3. The van der Waals surface area contributed by atoms with Crippen LogP contribution in [0.2, 0.25) is 0 Å². The van der Waals surface area contributed by atoms with Gasteiger partial charge in [-0.25, -0.2) is 13.1 Å². The van der Waals surface area contributed by atoms with Crippen LogP contribution in [0, 0.1) is 0 Å². The highest BCUT2D eigenvalue weighted by atomic mass is 32.2. The largest absolute Gasteiger partial charge is 0.240 e. The predicted octanol–water partition coefficient (Wildman–Crippen LogP) is 2.50. The highest BCUT2D eigenvalue weighted by Gasteiger charge is 2.14. The van der Waals surface area contributed by atoms with E-state index in [0.29, 0.717) is 10.8 Å². The van der Waals surface area contributed by atoms with Crippen molar-refractivity contribution in [2.45, 2.75) is 37.5 Å². The Hall–Kier alpha value is -0.870. The first kappa shape index (κ1) is 13.2. The fraction of sp³-hybridized carbons (Fsp3) is 0.500. The Bertz CT molecular complexity index is 436. The Morgan fingerprint density at radius 3 is 2.38 bits per heavy atom. The number of nitrogens with one attached hydrogen (secondary N) is 1. The van der Waals surface area contributed by atoms with E-state index in [0.717, 1.165) is 18.4 Å². The molecule has 0 bridgehead atoms. The monoisotopic (exact) mass is 241 g/mol. The molecule has 0 aliphatic heterocycles. The van der Waals surface area contributed by atoms with E-state index in [-0.39, 0.29) is 0 Å². The van der Waals surface area contributed by atoms with Gasteiger partial charge in [0.05, 0.1) is 4.90 Å². The molecule has 0 heterocycles. The molecule has 0 atom stereocenters. The molecule has 0 spiro atoms. The first-order chi connectivity index (χ1) is 7.55. The lowest BCUT2D eigenvalue weighted by Gasteiger charge is -2.13. The molecule has 0 aromatic heterocycles. The molecule has 1 N–H and O–H groups in total. The van der Waals surface area contributed by atoms with Gasteiger partial charge in [-0.2, -0.15) is 0 Å². The van der Waals surface area contributed by atoms with Crippen molar-refractivity contribution in [2.24, 2.45) is 0 Å². The van der Waals surface area contributed by atoms with E-state index in [1.165, 1.54) is 7.05 Å². The summed E-state index contributed by atoms with van der Waals surface area (Å²) in [5.74, 6) is 0.437. The fourth-order valence-electron chi connectivity index (χ4n) is 1.81. The van der Waals surface area contributed by atoms with Crippen molar-refractivity contribution in [1.82, 2.24) is 4.72 Å². The van der Waals surface area contributed by atoms with Crippen molar-refractivity contribution in [2.75, 3.05) is 7.05 Å². The molecule has 0 amide bonds. The van der Waals surface area contributed by atoms with Crippen LogP contribution in [-0.2, 0) is 10.0 Å². The maximum Gasteiger partial charge on any atom is 0.240 e. The van der Waals surface area contributed by atoms with E-state index < -0.39 is 10.0 Å². The Balaban J connectivity index is 3.14. The number of hydrogen-bond donors (Lipinski definition) is 1. The molecule has 1 aromatic carbocycles. The normalized spacial score (nSPS) is 12.0. The molecule has 0 radical (unpaired) electrons. The lowest BCUT2D eigenvalue weighted by molar-refractivity contribution is 0.587. The van der Waals surface area contributed by atoms with Gasteiger partial charge in [-0.1, -0.05) is 26.0 Å². The minimum absolute atomic E-state index is 0.347. The van der Waals surface area contributed by atoms with E-state index in [1.54, 1.807) is 18.2 Å². The maximum atomic E-state index is 11.6. The van der Waals surface area contributed by atoms with Crippen LogP contribution in [0.5, 0.6) is 0 Å². The van der Waals surface area contributed by atoms with Crippen molar-refractivity contribution in [1.29, 1.82) is 0 Å². The topological polar surface area (TPSA) is 46.2 Å². The molecule has 3 nitrogen and oxygen atoms in total. The zero-order chi connectivity index (χ0) is 12.2. The minimum atomic E-state index is -3.32. The molecule has 0 unspecified atom stereocenters. The third kappa shape index (κ3) is 2.83. The Morgan fingerprint density at radius 2 is 1.88 bits per heavy atom. The van der Waals surface area contributed by atoms with Crippen LogP contribution >= 0.6 is 0 Å². The lowest BCUT2D eigenvalue weighted by Crippen LogP contribution is -2.18. The number of sulfonamides is 1. The summed E-state index contributed by atoms with van der Waals surface area (Å²) in [5, 5.41) is 0. The van der Waals surface area contributed by atoms with Crippen LogP contribution in [-0.4, -0.2) is 15.5 Å². The molecular formula is C12H19NO2S. The quantitative estimate of drug-likeness (QED) is 0.861. The summed E-state index contributed by atoms with van der Waals surface area (Å²) in [7, 11) is -1.89. The molecule has 0 fully saturated rings. The van der Waals surface area contributed by atoms with E-state index in [4.69, 9.17) is 0 Å². The van der Waals surface area contributed by atoms with Gasteiger partial charge >= 0.3 is 0 Å². The molecule has 0 saturated carbocycles. The first-order valence-electron chi connectivity index (χ1n) is 5.58. The van der Waals surface area contributed by atoms with Gasteiger partial charge < -0.3 is 0 Å². The predicted molar refractivity (Wildman–Crippen MR) is 66.0 cm³/mol. The third-order valence-corrected chi connectivity index (χ3v) is 4.31. The van der Waals surface area contributed by atoms with Crippen molar-refractivity contribution in [3.63, 3.8) is 0 Å². The Morgan fingerprint density at radius 1 is 1.25 bits per heavy atom. The summed E-state index contributed by atoms with van der Waals surface area (Å²) in [5.41, 5.74) is 1.10. The molecule has 4 heteroatoms. The van der Waals surface area contributed by atoms with Gasteiger partial charge in [-0.3, -0.25) is 0 Å². The second-order valence-electron chi connectivity index (χ2n) is 3.79.